The fraction of sp³-hybridized carbons (Fsp3) is 0.389. The van der Waals surface area contributed by atoms with E-state index < -0.39 is 11.5 Å². The van der Waals surface area contributed by atoms with Gasteiger partial charge in [-0.3, -0.25) is 9.48 Å². The maximum atomic E-state index is 12.4. The summed E-state index contributed by atoms with van der Waals surface area (Å²) in [4.78, 5) is 25.8. The molecule has 7 nitrogen and oxygen atoms in total. The number of aryl methyl sites for hydroxylation is 1. The van der Waals surface area contributed by atoms with Crippen LogP contribution < -0.4 is 4.74 Å². The number of aliphatic carboxylic acids is 1. The number of carboxylic acids is 1. The minimum Gasteiger partial charge on any atom is -0.484 e. The van der Waals surface area contributed by atoms with Crippen LogP contribution in [0.15, 0.2) is 42.7 Å². The number of ether oxygens (including phenoxy) is 1. The summed E-state index contributed by atoms with van der Waals surface area (Å²) in [7, 11) is 0. The van der Waals surface area contributed by atoms with Crippen LogP contribution in [0.2, 0.25) is 0 Å². The van der Waals surface area contributed by atoms with Crippen molar-refractivity contribution in [1.29, 1.82) is 0 Å². The molecule has 0 aliphatic carbocycles. The number of carboxylic acid groups (broad SMARTS) is 1. The molecular formula is C18H21N3O4. The maximum absolute atomic E-state index is 12.4. The Bertz CT molecular complexity index is 749. The Morgan fingerprint density at radius 3 is 2.64 bits per heavy atom. The average molecular weight is 343 g/mol. The van der Waals surface area contributed by atoms with Gasteiger partial charge in [0.15, 0.2) is 12.1 Å². The lowest BCUT2D eigenvalue weighted by Gasteiger charge is -2.38. The van der Waals surface area contributed by atoms with E-state index in [2.05, 4.69) is 5.10 Å². The number of hydrogen-bond acceptors (Lipinski definition) is 4. The van der Waals surface area contributed by atoms with Crippen molar-refractivity contribution in [3.8, 4) is 5.75 Å². The second kappa shape index (κ2) is 6.96. The topological polar surface area (TPSA) is 84.7 Å². The Hall–Kier alpha value is -2.83. The Labute approximate surface area is 145 Å². The molecular weight excluding hydrogens is 322 g/mol. The maximum Gasteiger partial charge on any atom is 0.331 e. The van der Waals surface area contributed by atoms with Crippen molar-refractivity contribution in [3.05, 3.63) is 48.3 Å². The lowest BCUT2D eigenvalue weighted by Crippen LogP contribution is -2.53. The smallest absolute Gasteiger partial charge is 0.331 e. The van der Waals surface area contributed by atoms with Gasteiger partial charge in [0.2, 0.25) is 0 Å². The molecule has 0 radical (unpaired) electrons. The van der Waals surface area contributed by atoms with Crippen LogP contribution in [-0.2, 0) is 15.1 Å². The van der Waals surface area contributed by atoms with Gasteiger partial charge >= 0.3 is 5.97 Å². The Morgan fingerprint density at radius 1 is 1.28 bits per heavy atom. The van der Waals surface area contributed by atoms with Gasteiger partial charge in [-0.1, -0.05) is 12.1 Å². The van der Waals surface area contributed by atoms with E-state index in [9.17, 15) is 14.7 Å². The lowest BCUT2D eigenvalue weighted by molar-refractivity contribution is -0.153. The summed E-state index contributed by atoms with van der Waals surface area (Å²) < 4.78 is 7.03. The van der Waals surface area contributed by atoms with E-state index in [0.717, 1.165) is 5.56 Å². The van der Waals surface area contributed by atoms with Gasteiger partial charge in [0.1, 0.15) is 5.75 Å². The third-order valence-corrected chi connectivity index (χ3v) is 4.64. The monoisotopic (exact) mass is 343 g/mol. The minimum absolute atomic E-state index is 0.0503. The molecule has 0 saturated carbocycles. The zero-order valence-corrected chi connectivity index (χ0v) is 14.1. The van der Waals surface area contributed by atoms with E-state index in [1.807, 2.05) is 31.2 Å². The Kier molecular flexibility index (Phi) is 4.74. The van der Waals surface area contributed by atoms with Crippen LogP contribution >= 0.6 is 0 Å². The van der Waals surface area contributed by atoms with Gasteiger partial charge in [-0.15, -0.1) is 0 Å². The van der Waals surface area contributed by atoms with Gasteiger partial charge in [-0.2, -0.15) is 5.10 Å². The molecule has 2 aromatic rings. The highest BCUT2D eigenvalue weighted by Crippen LogP contribution is 2.30. The summed E-state index contributed by atoms with van der Waals surface area (Å²) in [6.45, 7) is 2.63. The fourth-order valence-corrected chi connectivity index (χ4v) is 3.13. The van der Waals surface area contributed by atoms with Gasteiger partial charge in [0.25, 0.3) is 5.91 Å². The average Bonchev–Trinajstić information content (AvgIpc) is 3.15. The predicted octanol–water partition coefficient (Wildman–Crippen LogP) is 1.67. The van der Waals surface area contributed by atoms with Gasteiger partial charge in [0, 0.05) is 38.3 Å². The molecule has 1 amide bonds. The highest BCUT2D eigenvalue weighted by molar-refractivity contribution is 5.80. The van der Waals surface area contributed by atoms with Crippen molar-refractivity contribution in [2.24, 2.45) is 0 Å². The first-order valence-electron chi connectivity index (χ1n) is 8.22. The van der Waals surface area contributed by atoms with Gasteiger partial charge in [-0.05, 0) is 30.7 Å². The van der Waals surface area contributed by atoms with Crippen LogP contribution in [-0.4, -0.2) is 51.4 Å². The molecule has 1 aromatic carbocycles. The van der Waals surface area contributed by atoms with Crippen LogP contribution in [0.25, 0.3) is 0 Å². The van der Waals surface area contributed by atoms with Gasteiger partial charge in [0.05, 0.1) is 0 Å². The minimum atomic E-state index is -1.09. The van der Waals surface area contributed by atoms with Crippen LogP contribution in [0, 0.1) is 6.92 Å². The predicted molar refractivity (Wildman–Crippen MR) is 90.3 cm³/mol. The standard InChI is InChI=1S/C18H21N3O4/c1-14-4-2-5-15(12-14)25-13-16(22)20-10-6-18(7-11-20,17(23)24)21-9-3-8-19-21/h2-5,8-9,12H,6-7,10-11,13H2,1H3,(H,23,24). The SMILES string of the molecule is Cc1cccc(OCC(=O)N2CCC(C(=O)O)(n3cccn3)CC2)c1. The van der Waals surface area contributed by atoms with E-state index in [1.165, 1.54) is 4.68 Å². The van der Waals surface area contributed by atoms with E-state index in [0.29, 0.717) is 31.7 Å². The first kappa shape index (κ1) is 17.0. The van der Waals surface area contributed by atoms with Crippen LogP contribution in [0.1, 0.15) is 18.4 Å². The normalized spacial score (nSPS) is 16.4. The molecule has 25 heavy (non-hydrogen) atoms. The second-order valence-electron chi connectivity index (χ2n) is 6.27. The molecule has 7 heteroatoms. The first-order valence-corrected chi connectivity index (χ1v) is 8.22. The van der Waals surface area contributed by atoms with Crippen molar-refractivity contribution in [1.82, 2.24) is 14.7 Å². The van der Waals surface area contributed by atoms with Gasteiger partial charge in [-0.25, -0.2) is 4.79 Å². The zero-order valence-electron chi connectivity index (χ0n) is 14.1. The molecule has 3 rings (SSSR count). The first-order chi connectivity index (χ1) is 12.0. The molecule has 1 fully saturated rings. The summed E-state index contributed by atoms with van der Waals surface area (Å²) in [5, 5.41) is 13.8. The van der Waals surface area contributed by atoms with Crippen LogP contribution in [0.3, 0.4) is 0 Å². The summed E-state index contributed by atoms with van der Waals surface area (Å²) >= 11 is 0. The number of benzene rings is 1. The number of aromatic nitrogens is 2. The summed E-state index contributed by atoms with van der Waals surface area (Å²) in [5.41, 5.74) is -0.0223. The van der Waals surface area contributed by atoms with Crippen molar-refractivity contribution in [2.45, 2.75) is 25.3 Å². The third-order valence-electron chi connectivity index (χ3n) is 4.64. The molecule has 1 aliphatic rings. The third kappa shape index (κ3) is 3.50. The van der Waals surface area contributed by atoms with Crippen LogP contribution in [0.4, 0.5) is 0 Å². The van der Waals surface area contributed by atoms with E-state index >= 15 is 0 Å². The van der Waals surface area contributed by atoms with Gasteiger partial charge < -0.3 is 14.7 Å². The van der Waals surface area contributed by atoms with E-state index in [4.69, 9.17) is 4.74 Å². The quantitative estimate of drug-likeness (QED) is 0.893. The lowest BCUT2D eigenvalue weighted by atomic mass is 9.87. The van der Waals surface area contributed by atoms with Crippen molar-refractivity contribution >= 4 is 11.9 Å². The number of piperidine rings is 1. The Morgan fingerprint density at radius 2 is 2.04 bits per heavy atom. The highest BCUT2D eigenvalue weighted by Gasteiger charge is 2.44. The molecule has 0 bridgehead atoms. The number of nitrogens with zero attached hydrogens (tertiary/aromatic N) is 3. The number of carbonyl (C=O) groups is 2. The molecule has 1 aliphatic heterocycles. The molecule has 2 heterocycles. The molecule has 1 saturated heterocycles. The molecule has 0 atom stereocenters. The highest BCUT2D eigenvalue weighted by atomic mass is 16.5. The summed E-state index contributed by atoms with van der Waals surface area (Å²) in [6.07, 6.45) is 3.87. The number of hydrogen-bond donors (Lipinski definition) is 1. The van der Waals surface area contributed by atoms with Crippen molar-refractivity contribution in [3.63, 3.8) is 0 Å². The fourth-order valence-electron chi connectivity index (χ4n) is 3.13. The number of rotatable bonds is 5. The van der Waals surface area contributed by atoms with Crippen LogP contribution in [0.5, 0.6) is 5.75 Å². The molecule has 1 N–H and O–H groups in total. The number of carbonyl (C=O) groups excluding carboxylic acids is 1. The molecule has 0 spiro atoms. The van der Waals surface area contributed by atoms with Crippen molar-refractivity contribution in [2.75, 3.05) is 19.7 Å². The number of amides is 1. The summed E-state index contributed by atoms with van der Waals surface area (Å²) in [6, 6.07) is 9.22. The van der Waals surface area contributed by atoms with E-state index in [1.54, 1.807) is 23.4 Å². The largest absolute Gasteiger partial charge is 0.484 e. The molecule has 1 aromatic heterocycles. The Balaban J connectivity index is 1.59. The van der Waals surface area contributed by atoms with Crippen molar-refractivity contribution < 1.29 is 19.4 Å². The summed E-state index contributed by atoms with van der Waals surface area (Å²) in [5.74, 6) is -0.401. The molecule has 132 valence electrons. The second-order valence-corrected chi connectivity index (χ2v) is 6.27. The molecule has 0 unspecified atom stereocenters. The van der Waals surface area contributed by atoms with E-state index in [-0.39, 0.29) is 12.5 Å². The zero-order chi connectivity index (χ0) is 17.9. The number of likely N-dealkylation sites (tertiary alicyclic amines) is 1.